The van der Waals surface area contributed by atoms with Crippen molar-refractivity contribution in [3.05, 3.63) is 61.5 Å². The minimum absolute atomic E-state index is 0.0562. The Kier molecular flexibility index (Phi) is 5.08. The molecule has 6 heteroatoms. The van der Waals surface area contributed by atoms with E-state index in [2.05, 4.69) is 32.9 Å². The summed E-state index contributed by atoms with van der Waals surface area (Å²) in [6.45, 7) is 10.6. The van der Waals surface area contributed by atoms with Gasteiger partial charge in [0.15, 0.2) is 0 Å². The number of esters is 1. The van der Waals surface area contributed by atoms with Crippen LogP contribution >= 0.6 is 11.3 Å². The third-order valence-electron chi connectivity index (χ3n) is 3.88. The minimum Gasteiger partial charge on any atom is -0.457 e. The van der Waals surface area contributed by atoms with E-state index in [1.54, 1.807) is 0 Å². The zero-order chi connectivity index (χ0) is 18.1. The van der Waals surface area contributed by atoms with E-state index in [1.807, 2.05) is 13.8 Å². The Hall–Kier alpha value is -2.21. The zero-order valence-electron chi connectivity index (χ0n) is 14.5. The lowest BCUT2D eigenvalue weighted by atomic mass is 9.84. The van der Waals surface area contributed by atoms with Gasteiger partial charge in [-0.3, -0.25) is 10.1 Å². The maximum atomic E-state index is 12.1. The molecule has 128 valence electrons. The van der Waals surface area contributed by atoms with Crippen LogP contribution in [0.2, 0.25) is 0 Å². The van der Waals surface area contributed by atoms with Crippen LogP contribution in [0.15, 0.2) is 24.3 Å². The number of benzene rings is 1. The second kappa shape index (κ2) is 6.73. The number of hydrogen-bond acceptors (Lipinski definition) is 5. The van der Waals surface area contributed by atoms with Crippen LogP contribution in [0, 0.1) is 24.0 Å². The van der Waals surface area contributed by atoms with Crippen molar-refractivity contribution < 1.29 is 14.5 Å². The molecule has 5 nitrogen and oxygen atoms in total. The molecule has 0 aliphatic heterocycles. The predicted molar refractivity (Wildman–Crippen MR) is 94.7 cm³/mol. The first-order valence-corrected chi connectivity index (χ1v) is 8.43. The van der Waals surface area contributed by atoms with Gasteiger partial charge >= 0.3 is 11.0 Å². The summed E-state index contributed by atoms with van der Waals surface area (Å²) in [6.07, 6.45) is 0. The first kappa shape index (κ1) is 18.1. The number of hydrogen-bond donors (Lipinski definition) is 0. The smallest absolute Gasteiger partial charge is 0.348 e. The fourth-order valence-electron chi connectivity index (χ4n) is 2.40. The van der Waals surface area contributed by atoms with Crippen LogP contribution in [0.4, 0.5) is 5.00 Å². The lowest BCUT2D eigenvalue weighted by molar-refractivity contribution is -0.380. The third kappa shape index (κ3) is 4.00. The van der Waals surface area contributed by atoms with E-state index in [4.69, 9.17) is 4.74 Å². The Morgan fingerprint density at radius 3 is 2.25 bits per heavy atom. The molecule has 0 radical (unpaired) electrons. The molecule has 0 fully saturated rings. The van der Waals surface area contributed by atoms with Gasteiger partial charge in [0.2, 0.25) is 0 Å². The van der Waals surface area contributed by atoms with Crippen LogP contribution < -0.4 is 0 Å². The van der Waals surface area contributed by atoms with Crippen LogP contribution in [-0.4, -0.2) is 10.9 Å². The summed E-state index contributed by atoms with van der Waals surface area (Å²) in [4.78, 5) is 22.5. The molecule has 2 rings (SSSR count). The van der Waals surface area contributed by atoms with Crippen LogP contribution in [-0.2, 0) is 16.8 Å². The first-order chi connectivity index (χ1) is 11.1. The molecule has 0 saturated carbocycles. The van der Waals surface area contributed by atoms with Crippen molar-refractivity contribution >= 4 is 22.3 Å². The van der Waals surface area contributed by atoms with E-state index in [0.29, 0.717) is 0 Å². The lowest BCUT2D eigenvalue weighted by Crippen LogP contribution is -2.13. The van der Waals surface area contributed by atoms with Gasteiger partial charge in [0.1, 0.15) is 11.5 Å². The summed E-state index contributed by atoms with van der Waals surface area (Å²) >= 11 is 0.825. The topological polar surface area (TPSA) is 69.4 Å². The molecular weight excluding hydrogens is 326 g/mol. The molecule has 2 aromatic rings. The fraction of sp³-hybridized carbons (Fsp3) is 0.389. The summed E-state index contributed by atoms with van der Waals surface area (Å²) in [6, 6.07) is 6.97. The van der Waals surface area contributed by atoms with Crippen molar-refractivity contribution in [2.24, 2.45) is 0 Å². The molecule has 0 N–H and O–H groups in total. The SMILES string of the molecule is Cc1cc(C(C)(C)C)cc(C)c1COC(=O)c1ccc([N+](=O)[O-])s1. The van der Waals surface area contributed by atoms with Crippen molar-refractivity contribution in [3.63, 3.8) is 0 Å². The summed E-state index contributed by atoms with van der Waals surface area (Å²) < 4.78 is 5.34. The van der Waals surface area contributed by atoms with Gasteiger partial charge in [-0.15, -0.1) is 0 Å². The maximum Gasteiger partial charge on any atom is 0.348 e. The second-order valence-corrected chi connectivity index (χ2v) is 7.87. The van der Waals surface area contributed by atoms with Crippen molar-refractivity contribution in [1.29, 1.82) is 0 Å². The summed E-state index contributed by atoms with van der Waals surface area (Å²) in [5.74, 6) is -0.535. The highest BCUT2D eigenvalue weighted by Crippen LogP contribution is 2.28. The highest BCUT2D eigenvalue weighted by molar-refractivity contribution is 7.17. The largest absolute Gasteiger partial charge is 0.457 e. The van der Waals surface area contributed by atoms with Crippen LogP contribution in [0.1, 0.15) is 52.7 Å². The number of carbonyl (C=O) groups excluding carboxylic acids is 1. The van der Waals surface area contributed by atoms with E-state index in [1.165, 1.54) is 17.7 Å². The highest BCUT2D eigenvalue weighted by atomic mass is 32.1. The number of nitrogens with zero attached hydrogens (tertiary/aromatic N) is 1. The van der Waals surface area contributed by atoms with E-state index < -0.39 is 10.9 Å². The molecule has 0 aliphatic carbocycles. The van der Waals surface area contributed by atoms with E-state index in [0.717, 1.165) is 28.0 Å². The van der Waals surface area contributed by atoms with Gasteiger partial charge in [-0.05, 0) is 47.6 Å². The molecule has 1 aromatic heterocycles. The van der Waals surface area contributed by atoms with Crippen molar-refractivity contribution in [1.82, 2.24) is 0 Å². The fourth-order valence-corrected chi connectivity index (χ4v) is 3.11. The number of carbonyl (C=O) groups is 1. The Labute approximate surface area is 145 Å². The summed E-state index contributed by atoms with van der Waals surface area (Å²) in [5.41, 5.74) is 4.42. The molecule has 0 amide bonds. The number of thiophene rings is 1. The van der Waals surface area contributed by atoms with Crippen molar-refractivity contribution in [2.45, 2.75) is 46.6 Å². The average Bonchev–Trinajstić information content (AvgIpc) is 2.95. The number of rotatable bonds is 4. The number of aryl methyl sites for hydroxylation is 2. The molecule has 0 aliphatic rings. The monoisotopic (exact) mass is 347 g/mol. The molecule has 1 heterocycles. The van der Waals surface area contributed by atoms with Gasteiger partial charge in [-0.25, -0.2) is 4.79 Å². The van der Waals surface area contributed by atoms with Crippen LogP contribution in [0.5, 0.6) is 0 Å². The van der Waals surface area contributed by atoms with Crippen molar-refractivity contribution in [3.8, 4) is 0 Å². The molecule has 0 unspecified atom stereocenters. The molecule has 0 spiro atoms. The Morgan fingerprint density at radius 1 is 1.21 bits per heavy atom. The number of nitro groups is 1. The minimum atomic E-state index is -0.535. The van der Waals surface area contributed by atoms with Gasteiger partial charge in [0, 0.05) is 6.07 Å². The molecule has 0 atom stereocenters. The van der Waals surface area contributed by atoms with Crippen molar-refractivity contribution in [2.75, 3.05) is 0 Å². The van der Waals surface area contributed by atoms with Gasteiger partial charge in [-0.1, -0.05) is 44.2 Å². The summed E-state index contributed by atoms with van der Waals surface area (Å²) in [5, 5.41) is 10.6. The molecule has 1 aromatic carbocycles. The predicted octanol–water partition coefficient (Wildman–Crippen LogP) is 4.93. The molecule has 24 heavy (non-hydrogen) atoms. The Balaban J connectivity index is 2.14. The van der Waals surface area contributed by atoms with E-state index in [9.17, 15) is 14.9 Å². The molecular formula is C18H21NO4S. The number of ether oxygens (including phenoxy) is 1. The quantitative estimate of drug-likeness (QED) is 0.447. The van der Waals surface area contributed by atoms with E-state index in [-0.39, 0.29) is 21.9 Å². The van der Waals surface area contributed by atoms with Gasteiger partial charge in [0.05, 0.1) is 4.92 Å². The maximum absolute atomic E-state index is 12.1. The molecule has 0 saturated heterocycles. The van der Waals surface area contributed by atoms with Gasteiger partial charge in [0.25, 0.3) is 0 Å². The normalized spacial score (nSPS) is 11.4. The third-order valence-corrected chi connectivity index (χ3v) is 4.90. The molecule has 0 bridgehead atoms. The average molecular weight is 347 g/mol. The highest BCUT2D eigenvalue weighted by Gasteiger charge is 2.19. The Bertz CT molecular complexity index is 764. The first-order valence-electron chi connectivity index (χ1n) is 7.61. The standard InChI is InChI=1S/C18H21NO4S/c1-11-8-13(18(3,4)5)9-12(2)14(11)10-23-17(20)15-6-7-16(24-15)19(21)22/h6-9H,10H2,1-5H3. The Morgan fingerprint density at radius 2 is 1.79 bits per heavy atom. The van der Waals surface area contributed by atoms with E-state index >= 15 is 0 Å². The summed E-state index contributed by atoms with van der Waals surface area (Å²) in [7, 11) is 0. The van der Waals surface area contributed by atoms with Gasteiger partial charge in [-0.2, -0.15) is 0 Å². The zero-order valence-corrected chi connectivity index (χ0v) is 15.3. The lowest BCUT2D eigenvalue weighted by Gasteiger charge is -2.22. The van der Waals surface area contributed by atoms with Crippen LogP contribution in [0.25, 0.3) is 0 Å². The van der Waals surface area contributed by atoms with Crippen LogP contribution in [0.3, 0.4) is 0 Å². The second-order valence-electron chi connectivity index (χ2n) is 6.81. The van der Waals surface area contributed by atoms with Gasteiger partial charge < -0.3 is 4.74 Å².